The Morgan fingerprint density at radius 1 is 0.489 bits per heavy atom. The zero-order chi connectivity index (χ0) is 30.8. The number of fused-ring (bicyclic) bond motifs is 2. The summed E-state index contributed by atoms with van der Waals surface area (Å²) in [6.07, 6.45) is 0. The van der Waals surface area contributed by atoms with Crippen molar-refractivity contribution >= 4 is 53.2 Å². The molecule has 4 heteroatoms. The molecular weight excluding hydrogens is 683 g/mol. The molecule has 0 aliphatic heterocycles. The molecule has 0 nitrogen and oxygen atoms in total. The minimum absolute atomic E-state index is 0. The monoisotopic (exact) mass is 719 g/mol. The molecule has 0 spiro atoms. The SMILES string of the molecule is Cc1cc2c(-c3ccccc3)c(C)ccc2[cH-]1.Cc1cc2c(-c3ccccc3)c(C)ccc2[cH-]1.Cl.Cl.[CH2-]c1ccccc1.[Si]=[Zr]. The van der Waals surface area contributed by atoms with Gasteiger partial charge < -0.3 is 0 Å². The molecule has 0 aromatic heterocycles. The predicted octanol–water partition coefficient (Wildman–Crippen LogP) is 12.0. The number of aryl methyl sites for hydroxylation is 4. The van der Waals surface area contributed by atoms with Crippen LogP contribution in [0.4, 0.5) is 0 Å². The number of halogens is 2. The van der Waals surface area contributed by atoms with E-state index in [0.29, 0.717) is 0 Å². The third-order valence-electron chi connectivity index (χ3n) is 7.45. The van der Waals surface area contributed by atoms with Gasteiger partial charge in [0.2, 0.25) is 0 Å². The van der Waals surface area contributed by atoms with E-state index < -0.39 is 0 Å². The average Bonchev–Trinajstić information content (AvgIpc) is 3.60. The van der Waals surface area contributed by atoms with Crippen molar-refractivity contribution in [3.05, 3.63) is 174 Å². The third-order valence-corrected chi connectivity index (χ3v) is 7.45. The van der Waals surface area contributed by atoms with E-state index in [1.807, 2.05) is 30.3 Å². The van der Waals surface area contributed by atoms with E-state index in [4.69, 9.17) is 0 Å². The molecule has 0 bridgehead atoms. The Hall–Kier alpha value is -3.13. The Kier molecular flexibility index (Phi) is 15.9. The van der Waals surface area contributed by atoms with Gasteiger partial charge in [-0.1, -0.05) is 103 Å². The zero-order valence-corrected chi connectivity index (χ0v) is 31.4. The van der Waals surface area contributed by atoms with Crippen LogP contribution in [0.25, 0.3) is 43.8 Å². The Morgan fingerprint density at radius 3 is 1.13 bits per heavy atom. The maximum atomic E-state index is 3.72. The van der Waals surface area contributed by atoms with Gasteiger partial charge in [0.05, 0.1) is 0 Å². The first kappa shape index (κ1) is 38.1. The summed E-state index contributed by atoms with van der Waals surface area (Å²) in [5, 5.41) is 5.42. The summed E-state index contributed by atoms with van der Waals surface area (Å²) < 4.78 is 0. The topological polar surface area (TPSA) is 0 Å². The molecule has 0 aliphatic carbocycles. The molecule has 0 saturated carbocycles. The van der Waals surface area contributed by atoms with Gasteiger partial charge in [0, 0.05) is 0 Å². The van der Waals surface area contributed by atoms with Crippen LogP contribution in [-0.4, -0.2) is 6.88 Å². The van der Waals surface area contributed by atoms with Crippen molar-refractivity contribution in [1.82, 2.24) is 0 Å². The summed E-state index contributed by atoms with van der Waals surface area (Å²) in [5.74, 6) is 0. The minimum atomic E-state index is 0. The Bertz CT molecular complexity index is 1770. The first-order valence-electron chi connectivity index (χ1n) is 14.5. The van der Waals surface area contributed by atoms with E-state index in [1.54, 1.807) is 0 Å². The molecule has 0 heterocycles. The summed E-state index contributed by atoms with van der Waals surface area (Å²) in [4.78, 5) is 0. The van der Waals surface area contributed by atoms with E-state index in [1.165, 1.54) is 89.4 Å². The van der Waals surface area contributed by atoms with Crippen LogP contribution < -0.4 is 0 Å². The van der Waals surface area contributed by atoms with Gasteiger partial charge in [0.1, 0.15) is 0 Å². The van der Waals surface area contributed by atoms with Gasteiger partial charge in [-0.3, -0.25) is 0 Å². The quantitative estimate of drug-likeness (QED) is 0.123. The molecule has 45 heavy (non-hydrogen) atoms. The summed E-state index contributed by atoms with van der Waals surface area (Å²) in [7, 11) is 0. The molecule has 2 radical (unpaired) electrons. The Labute approximate surface area is 298 Å². The van der Waals surface area contributed by atoms with Gasteiger partial charge in [-0.2, -0.15) is 36.8 Å². The molecule has 7 rings (SSSR count). The fraction of sp³-hybridized carbons (Fsp3) is 0.0976. The second-order valence-corrected chi connectivity index (χ2v) is 10.8. The van der Waals surface area contributed by atoms with Crippen LogP contribution in [0.1, 0.15) is 27.8 Å². The van der Waals surface area contributed by atoms with Gasteiger partial charge >= 0.3 is 30.2 Å². The van der Waals surface area contributed by atoms with Crippen molar-refractivity contribution < 1.29 is 23.3 Å². The van der Waals surface area contributed by atoms with Crippen LogP contribution in [0.15, 0.2) is 140 Å². The molecule has 0 aliphatic rings. The van der Waals surface area contributed by atoms with Gasteiger partial charge in [0.15, 0.2) is 0 Å². The second kappa shape index (κ2) is 18.7. The summed E-state index contributed by atoms with van der Waals surface area (Å²) in [5.41, 5.74) is 11.8. The van der Waals surface area contributed by atoms with Crippen LogP contribution in [0, 0.1) is 34.6 Å². The van der Waals surface area contributed by atoms with Gasteiger partial charge in [-0.25, -0.2) is 0 Å². The van der Waals surface area contributed by atoms with Crippen LogP contribution in [-0.2, 0) is 23.3 Å². The summed E-state index contributed by atoms with van der Waals surface area (Å²) in [6.45, 7) is 15.5. The van der Waals surface area contributed by atoms with Crippen LogP contribution in [0.2, 0.25) is 0 Å². The van der Waals surface area contributed by atoms with E-state index in [-0.39, 0.29) is 24.8 Å². The standard InChI is InChI=1S/2C17H15.C7H7.2ClH.Si.Zr/c2*1-12-10-15-9-8-13(2)17(16(15)11-12)14-6-4-3-5-7-14;1-7-5-3-2-4-6-7;;;;/h2*3-11H,1-2H3;2-6H,1H2;2*1H;;/q3*-1;;;;. The predicted molar refractivity (Wildman–Crippen MR) is 200 cm³/mol. The van der Waals surface area contributed by atoms with Crippen LogP contribution in [0.3, 0.4) is 0 Å². The summed E-state index contributed by atoms with van der Waals surface area (Å²) in [6, 6.07) is 49.1. The van der Waals surface area contributed by atoms with Crippen LogP contribution >= 0.6 is 24.8 Å². The average molecular weight is 722 g/mol. The molecule has 7 aromatic rings. The maximum absolute atomic E-state index is 3.72. The van der Waals surface area contributed by atoms with Crippen molar-refractivity contribution in [1.29, 1.82) is 0 Å². The molecule has 0 saturated heterocycles. The molecule has 7 aromatic carbocycles. The van der Waals surface area contributed by atoms with E-state index in [9.17, 15) is 0 Å². The molecule has 0 N–H and O–H groups in total. The van der Waals surface area contributed by atoms with Crippen molar-refractivity contribution in [3.63, 3.8) is 0 Å². The van der Waals surface area contributed by atoms with Crippen LogP contribution in [0.5, 0.6) is 0 Å². The van der Waals surface area contributed by atoms with Gasteiger partial charge in [0.25, 0.3) is 0 Å². The first-order valence-corrected chi connectivity index (χ1v) is 18.7. The molecule has 0 unspecified atom stereocenters. The third kappa shape index (κ3) is 9.93. The van der Waals surface area contributed by atoms with Gasteiger partial charge in [-0.15, -0.1) is 106 Å². The number of rotatable bonds is 2. The molecular formula is C41H39Cl2SiZr-3. The number of hydrogen-bond acceptors (Lipinski definition) is 0. The Morgan fingerprint density at radius 2 is 0.822 bits per heavy atom. The van der Waals surface area contributed by atoms with E-state index in [2.05, 4.69) is 151 Å². The molecule has 0 amide bonds. The first-order chi connectivity index (χ1) is 20.9. The number of benzene rings is 5. The van der Waals surface area contributed by atoms with Crippen molar-refractivity contribution in [3.8, 4) is 22.3 Å². The van der Waals surface area contributed by atoms with Crippen molar-refractivity contribution in [2.75, 3.05) is 0 Å². The van der Waals surface area contributed by atoms with E-state index >= 15 is 0 Å². The zero-order valence-electron chi connectivity index (χ0n) is 26.3. The van der Waals surface area contributed by atoms with Crippen molar-refractivity contribution in [2.45, 2.75) is 27.7 Å². The molecule has 0 fully saturated rings. The van der Waals surface area contributed by atoms with Crippen molar-refractivity contribution in [2.24, 2.45) is 0 Å². The number of hydrogen-bond donors (Lipinski definition) is 0. The Balaban J connectivity index is 0.000000240. The van der Waals surface area contributed by atoms with Gasteiger partial charge in [-0.05, 0) is 25.0 Å². The fourth-order valence-electron chi connectivity index (χ4n) is 5.54. The molecule has 228 valence electrons. The molecule has 0 atom stereocenters. The van der Waals surface area contributed by atoms with E-state index in [0.717, 1.165) is 5.56 Å². The second-order valence-electron chi connectivity index (χ2n) is 10.8. The normalized spacial score (nSPS) is 9.67. The fourth-order valence-corrected chi connectivity index (χ4v) is 5.54. The summed E-state index contributed by atoms with van der Waals surface area (Å²) >= 11 is 1.36.